The third-order valence-corrected chi connectivity index (χ3v) is 3.56. The molecule has 1 rings (SSSR count). The lowest BCUT2D eigenvalue weighted by molar-refractivity contribution is -0.136. The van der Waals surface area contributed by atoms with E-state index in [2.05, 4.69) is 5.32 Å². The maximum absolute atomic E-state index is 13.0. The highest BCUT2D eigenvalue weighted by atomic mass is 19.1. The number of nitrogens with one attached hydrogen (secondary N) is 1. The molecule has 0 saturated carbocycles. The first kappa shape index (κ1) is 17.9. The van der Waals surface area contributed by atoms with Crippen molar-refractivity contribution in [3.05, 3.63) is 35.6 Å². The Kier molecular flexibility index (Phi) is 6.82. The minimum atomic E-state index is -0.949. The average Bonchev–Trinajstić information content (AvgIpc) is 2.45. The predicted molar refractivity (Wildman–Crippen MR) is 82.1 cm³/mol. The quantitative estimate of drug-likeness (QED) is 0.813. The maximum atomic E-state index is 13.0. The molecule has 0 heterocycles. The van der Waals surface area contributed by atoms with Gasteiger partial charge in [-0.15, -0.1) is 0 Å². The van der Waals surface area contributed by atoms with Crippen LogP contribution in [0.25, 0.3) is 0 Å². The van der Waals surface area contributed by atoms with Gasteiger partial charge >= 0.3 is 12.0 Å². The Labute approximate surface area is 130 Å². The number of carboxylic acid groups (broad SMARTS) is 1. The van der Waals surface area contributed by atoms with Crippen molar-refractivity contribution in [3.8, 4) is 0 Å². The van der Waals surface area contributed by atoms with Crippen molar-refractivity contribution < 1.29 is 19.1 Å². The molecule has 0 aromatic heterocycles. The topological polar surface area (TPSA) is 69.6 Å². The summed E-state index contributed by atoms with van der Waals surface area (Å²) < 4.78 is 13.0. The van der Waals surface area contributed by atoms with E-state index in [1.165, 1.54) is 12.1 Å². The Morgan fingerprint density at radius 1 is 1.27 bits per heavy atom. The van der Waals surface area contributed by atoms with Crippen LogP contribution in [-0.4, -0.2) is 41.6 Å². The first-order valence-electron chi connectivity index (χ1n) is 7.28. The molecule has 0 aliphatic heterocycles. The summed E-state index contributed by atoms with van der Waals surface area (Å²) in [5.74, 6) is -1.03. The number of amides is 2. The second-order valence-electron chi connectivity index (χ2n) is 5.63. The molecule has 1 aromatic carbocycles. The van der Waals surface area contributed by atoms with Gasteiger partial charge in [-0.2, -0.15) is 0 Å². The van der Waals surface area contributed by atoms with Crippen LogP contribution in [0.1, 0.15) is 25.8 Å². The minimum absolute atomic E-state index is 0.0599. The van der Waals surface area contributed by atoms with Crippen LogP contribution >= 0.6 is 0 Å². The second kappa shape index (κ2) is 8.36. The Morgan fingerprint density at radius 3 is 2.36 bits per heavy atom. The van der Waals surface area contributed by atoms with Crippen molar-refractivity contribution >= 4 is 12.0 Å². The summed E-state index contributed by atoms with van der Waals surface area (Å²) in [6.07, 6.45) is 0.505. The number of carbonyl (C=O) groups excluding carboxylic acids is 1. The van der Waals surface area contributed by atoms with E-state index in [1.807, 2.05) is 13.8 Å². The number of halogens is 1. The SMILES string of the molecule is CC(C)C(Cc1ccc(F)cc1)N(C)C(=O)NCCC(=O)O. The smallest absolute Gasteiger partial charge is 0.317 e. The van der Waals surface area contributed by atoms with Crippen LogP contribution in [0.5, 0.6) is 0 Å². The summed E-state index contributed by atoms with van der Waals surface area (Å²) in [6, 6.07) is 5.86. The van der Waals surface area contributed by atoms with E-state index in [0.717, 1.165) is 5.56 Å². The molecule has 0 spiro atoms. The van der Waals surface area contributed by atoms with Gasteiger partial charge in [-0.1, -0.05) is 26.0 Å². The van der Waals surface area contributed by atoms with Gasteiger partial charge in [0.2, 0.25) is 0 Å². The molecule has 22 heavy (non-hydrogen) atoms. The van der Waals surface area contributed by atoms with E-state index in [9.17, 15) is 14.0 Å². The van der Waals surface area contributed by atoms with Crippen LogP contribution in [-0.2, 0) is 11.2 Å². The lowest BCUT2D eigenvalue weighted by Gasteiger charge is -2.31. The molecular formula is C16H23FN2O3. The molecule has 0 saturated heterocycles. The standard InChI is InChI=1S/C16H23FN2O3/c1-11(2)14(10-12-4-6-13(17)7-5-12)19(3)16(22)18-9-8-15(20)21/h4-7,11,14H,8-10H2,1-3H3,(H,18,22)(H,20,21). The van der Waals surface area contributed by atoms with Crippen molar-refractivity contribution in [2.24, 2.45) is 5.92 Å². The van der Waals surface area contributed by atoms with E-state index in [0.29, 0.717) is 6.42 Å². The normalized spacial score (nSPS) is 12.0. The Hall–Kier alpha value is -2.11. The molecule has 2 amide bonds. The first-order chi connectivity index (χ1) is 10.3. The summed E-state index contributed by atoms with van der Waals surface area (Å²) in [7, 11) is 1.68. The van der Waals surface area contributed by atoms with Gasteiger partial charge in [0, 0.05) is 19.6 Å². The van der Waals surface area contributed by atoms with Gasteiger partial charge in [0.15, 0.2) is 0 Å². The number of urea groups is 1. The van der Waals surface area contributed by atoms with Gasteiger partial charge < -0.3 is 15.3 Å². The van der Waals surface area contributed by atoms with Crippen LogP contribution in [0.2, 0.25) is 0 Å². The van der Waals surface area contributed by atoms with E-state index in [-0.39, 0.29) is 36.8 Å². The number of hydrogen-bond acceptors (Lipinski definition) is 2. The summed E-state index contributed by atoms with van der Waals surface area (Å²) in [5, 5.41) is 11.2. The van der Waals surface area contributed by atoms with Gasteiger partial charge in [0.25, 0.3) is 0 Å². The molecule has 122 valence electrons. The van der Waals surface area contributed by atoms with Crippen LogP contribution in [0.4, 0.5) is 9.18 Å². The number of benzene rings is 1. The fourth-order valence-electron chi connectivity index (χ4n) is 2.23. The highest BCUT2D eigenvalue weighted by Gasteiger charge is 2.23. The highest BCUT2D eigenvalue weighted by Crippen LogP contribution is 2.16. The van der Waals surface area contributed by atoms with Gasteiger partial charge in [0.1, 0.15) is 5.82 Å². The number of hydrogen-bond donors (Lipinski definition) is 2. The number of rotatable bonds is 7. The van der Waals surface area contributed by atoms with Gasteiger partial charge in [-0.25, -0.2) is 9.18 Å². The number of nitrogens with zero attached hydrogens (tertiary/aromatic N) is 1. The minimum Gasteiger partial charge on any atom is -0.481 e. The van der Waals surface area contributed by atoms with Crippen LogP contribution in [0, 0.1) is 11.7 Å². The average molecular weight is 310 g/mol. The summed E-state index contributed by atoms with van der Waals surface area (Å²) in [5.41, 5.74) is 0.949. The molecule has 0 bridgehead atoms. The van der Waals surface area contributed by atoms with E-state index < -0.39 is 5.97 Å². The van der Waals surface area contributed by atoms with Gasteiger partial charge in [0.05, 0.1) is 6.42 Å². The number of carbonyl (C=O) groups is 2. The molecule has 0 aliphatic rings. The Morgan fingerprint density at radius 2 is 1.86 bits per heavy atom. The van der Waals surface area contributed by atoms with Crippen LogP contribution < -0.4 is 5.32 Å². The molecule has 1 atom stereocenters. The van der Waals surface area contributed by atoms with Gasteiger partial charge in [-0.05, 0) is 30.0 Å². The molecule has 0 fully saturated rings. The van der Waals surface area contributed by atoms with Crippen LogP contribution in [0.15, 0.2) is 24.3 Å². The number of carboxylic acids is 1. The zero-order valence-electron chi connectivity index (χ0n) is 13.2. The fourth-order valence-corrected chi connectivity index (χ4v) is 2.23. The molecule has 6 heteroatoms. The molecule has 0 radical (unpaired) electrons. The first-order valence-corrected chi connectivity index (χ1v) is 7.28. The molecule has 0 aliphatic carbocycles. The van der Waals surface area contributed by atoms with Crippen molar-refractivity contribution in [3.63, 3.8) is 0 Å². The largest absolute Gasteiger partial charge is 0.481 e. The third kappa shape index (κ3) is 5.71. The molecular weight excluding hydrogens is 287 g/mol. The van der Waals surface area contributed by atoms with E-state index >= 15 is 0 Å². The number of likely N-dealkylation sites (N-methyl/N-ethyl adjacent to an activating group) is 1. The summed E-state index contributed by atoms with van der Waals surface area (Å²) in [6.45, 7) is 4.12. The molecule has 2 N–H and O–H groups in total. The molecule has 5 nitrogen and oxygen atoms in total. The van der Waals surface area contributed by atoms with Gasteiger partial charge in [-0.3, -0.25) is 4.79 Å². The van der Waals surface area contributed by atoms with Crippen molar-refractivity contribution in [2.75, 3.05) is 13.6 Å². The highest BCUT2D eigenvalue weighted by molar-refractivity contribution is 5.75. The summed E-state index contributed by atoms with van der Waals surface area (Å²) >= 11 is 0. The Bertz CT molecular complexity index is 503. The third-order valence-electron chi connectivity index (χ3n) is 3.56. The maximum Gasteiger partial charge on any atom is 0.317 e. The number of aliphatic carboxylic acids is 1. The lowest BCUT2D eigenvalue weighted by Crippen LogP contribution is -2.47. The Balaban J connectivity index is 2.66. The van der Waals surface area contributed by atoms with E-state index in [1.54, 1.807) is 24.1 Å². The van der Waals surface area contributed by atoms with E-state index in [4.69, 9.17) is 5.11 Å². The van der Waals surface area contributed by atoms with Crippen molar-refractivity contribution in [2.45, 2.75) is 32.7 Å². The van der Waals surface area contributed by atoms with Crippen molar-refractivity contribution in [1.82, 2.24) is 10.2 Å². The predicted octanol–water partition coefficient (Wildman–Crippen LogP) is 2.51. The van der Waals surface area contributed by atoms with Crippen LogP contribution in [0.3, 0.4) is 0 Å². The second-order valence-corrected chi connectivity index (χ2v) is 5.63. The monoisotopic (exact) mass is 310 g/mol. The molecule has 1 aromatic rings. The zero-order chi connectivity index (χ0) is 16.7. The lowest BCUT2D eigenvalue weighted by atomic mass is 9.95. The molecule has 1 unspecified atom stereocenters. The summed E-state index contributed by atoms with van der Waals surface area (Å²) in [4.78, 5) is 24.1. The van der Waals surface area contributed by atoms with Crippen molar-refractivity contribution in [1.29, 1.82) is 0 Å². The fraction of sp³-hybridized carbons (Fsp3) is 0.500. The zero-order valence-corrected chi connectivity index (χ0v) is 13.2.